The molecule has 2 N–H and O–H groups in total. The zero-order chi connectivity index (χ0) is 23.5. The van der Waals surface area contributed by atoms with Crippen molar-refractivity contribution in [2.75, 3.05) is 4.72 Å². The van der Waals surface area contributed by atoms with Gasteiger partial charge in [-0.25, -0.2) is 8.42 Å². The fourth-order valence-electron chi connectivity index (χ4n) is 4.17. The highest BCUT2D eigenvalue weighted by molar-refractivity contribution is 7.92. The van der Waals surface area contributed by atoms with Gasteiger partial charge in [-0.1, -0.05) is 50.2 Å². The number of fused-ring (bicyclic) bond motifs is 1. The van der Waals surface area contributed by atoms with Crippen LogP contribution in [0.5, 0.6) is 5.75 Å². The minimum Gasteiger partial charge on any atom is -0.487 e. The Morgan fingerprint density at radius 1 is 0.939 bits per heavy atom. The maximum absolute atomic E-state index is 13.0. The molecule has 1 aliphatic heterocycles. The number of rotatable bonds is 7. The number of amides is 1. The van der Waals surface area contributed by atoms with Crippen LogP contribution in [0.25, 0.3) is 0 Å². The number of sulfonamides is 1. The summed E-state index contributed by atoms with van der Waals surface area (Å²) in [7, 11) is -3.69. The summed E-state index contributed by atoms with van der Waals surface area (Å²) in [4.78, 5) is 13.2. The van der Waals surface area contributed by atoms with Crippen LogP contribution in [0.1, 0.15) is 55.1 Å². The Hall–Kier alpha value is -3.32. The first kappa shape index (κ1) is 22.9. The normalized spacial score (nSPS) is 16.8. The van der Waals surface area contributed by atoms with E-state index in [4.69, 9.17) is 4.74 Å². The van der Waals surface area contributed by atoms with Gasteiger partial charge in [0.05, 0.1) is 10.9 Å². The standard InChI is InChI=1S/C26H28N2O4S/c1-3-26(4-2)18-23(22-12-8-9-13-24(22)32-26)27-25(29)19-14-16-20(17-15-19)28-33(30,31)21-10-6-5-7-11-21/h5-17,23,28H,3-4,18H2,1-2H3,(H,27,29)/t23-/m1/s1. The number of hydrogen-bond acceptors (Lipinski definition) is 4. The molecule has 3 aromatic rings. The molecule has 0 saturated carbocycles. The molecule has 0 spiro atoms. The number of hydrogen-bond donors (Lipinski definition) is 2. The lowest BCUT2D eigenvalue weighted by atomic mass is 9.83. The molecule has 0 unspecified atom stereocenters. The number of benzene rings is 3. The topological polar surface area (TPSA) is 84.5 Å². The highest BCUT2D eigenvalue weighted by Gasteiger charge is 2.39. The summed E-state index contributed by atoms with van der Waals surface area (Å²) in [5.41, 5.74) is 1.50. The van der Waals surface area contributed by atoms with E-state index in [0.717, 1.165) is 24.2 Å². The third-order valence-electron chi connectivity index (χ3n) is 6.24. The van der Waals surface area contributed by atoms with Crippen molar-refractivity contribution < 1.29 is 17.9 Å². The second-order valence-corrected chi connectivity index (χ2v) is 9.94. The van der Waals surface area contributed by atoms with E-state index >= 15 is 0 Å². The lowest BCUT2D eigenvalue weighted by Gasteiger charge is -2.41. The number of para-hydroxylation sites is 1. The van der Waals surface area contributed by atoms with Crippen LogP contribution < -0.4 is 14.8 Å². The summed E-state index contributed by atoms with van der Waals surface area (Å²) in [6.45, 7) is 4.21. The lowest BCUT2D eigenvalue weighted by molar-refractivity contribution is 0.0227. The molecular formula is C26H28N2O4S. The number of anilines is 1. The molecule has 0 bridgehead atoms. The van der Waals surface area contributed by atoms with Crippen molar-refractivity contribution in [1.29, 1.82) is 0 Å². The van der Waals surface area contributed by atoms with Gasteiger partial charge in [-0.2, -0.15) is 0 Å². The first-order chi connectivity index (χ1) is 15.9. The highest BCUT2D eigenvalue weighted by atomic mass is 32.2. The number of carbonyl (C=O) groups is 1. The summed E-state index contributed by atoms with van der Waals surface area (Å²) in [6.07, 6.45) is 2.39. The molecule has 3 aromatic carbocycles. The van der Waals surface area contributed by atoms with Crippen LogP contribution in [-0.4, -0.2) is 19.9 Å². The Labute approximate surface area is 195 Å². The highest BCUT2D eigenvalue weighted by Crippen LogP contribution is 2.42. The van der Waals surface area contributed by atoms with Crippen LogP contribution in [0.4, 0.5) is 5.69 Å². The molecule has 172 valence electrons. The quantitative estimate of drug-likeness (QED) is 0.497. The van der Waals surface area contributed by atoms with E-state index in [9.17, 15) is 13.2 Å². The minimum atomic E-state index is -3.69. The van der Waals surface area contributed by atoms with E-state index in [1.807, 2.05) is 24.3 Å². The first-order valence-electron chi connectivity index (χ1n) is 11.1. The third-order valence-corrected chi connectivity index (χ3v) is 7.64. The summed E-state index contributed by atoms with van der Waals surface area (Å²) < 4.78 is 33.9. The maximum Gasteiger partial charge on any atom is 0.261 e. The van der Waals surface area contributed by atoms with Crippen LogP contribution in [-0.2, 0) is 10.0 Å². The van der Waals surface area contributed by atoms with E-state index in [-0.39, 0.29) is 22.4 Å². The molecule has 1 atom stereocenters. The fourth-order valence-corrected chi connectivity index (χ4v) is 5.25. The first-order valence-corrected chi connectivity index (χ1v) is 12.6. The second kappa shape index (κ2) is 9.27. The lowest BCUT2D eigenvalue weighted by Crippen LogP contribution is -2.44. The Balaban J connectivity index is 1.50. The summed E-state index contributed by atoms with van der Waals surface area (Å²) in [5.74, 6) is 0.596. The van der Waals surface area contributed by atoms with Gasteiger partial charge in [0.25, 0.3) is 15.9 Å². The van der Waals surface area contributed by atoms with Gasteiger partial charge >= 0.3 is 0 Å². The Morgan fingerprint density at radius 3 is 2.24 bits per heavy atom. The molecule has 4 rings (SSSR count). The van der Waals surface area contributed by atoms with Crippen molar-refractivity contribution in [1.82, 2.24) is 5.32 Å². The van der Waals surface area contributed by atoms with Crippen LogP contribution in [0.15, 0.2) is 83.8 Å². The molecule has 1 heterocycles. The van der Waals surface area contributed by atoms with Crippen LogP contribution >= 0.6 is 0 Å². The van der Waals surface area contributed by atoms with Gasteiger partial charge in [0.2, 0.25) is 0 Å². The molecule has 0 saturated heterocycles. The van der Waals surface area contributed by atoms with E-state index in [1.165, 1.54) is 12.1 Å². The average Bonchev–Trinajstić information content (AvgIpc) is 2.84. The molecule has 1 aliphatic rings. The van der Waals surface area contributed by atoms with Gasteiger partial charge in [0.1, 0.15) is 11.4 Å². The van der Waals surface area contributed by atoms with Crippen molar-refractivity contribution in [2.24, 2.45) is 0 Å². The van der Waals surface area contributed by atoms with E-state index in [2.05, 4.69) is 23.9 Å². The molecule has 0 fully saturated rings. The smallest absolute Gasteiger partial charge is 0.261 e. The zero-order valence-corrected chi connectivity index (χ0v) is 19.6. The number of carbonyl (C=O) groups excluding carboxylic acids is 1. The summed E-state index contributed by atoms with van der Waals surface area (Å²) >= 11 is 0. The second-order valence-electron chi connectivity index (χ2n) is 8.26. The van der Waals surface area contributed by atoms with Crippen molar-refractivity contribution in [3.05, 3.63) is 90.0 Å². The van der Waals surface area contributed by atoms with Gasteiger partial charge in [-0.3, -0.25) is 9.52 Å². The van der Waals surface area contributed by atoms with E-state index < -0.39 is 10.0 Å². The Bertz CT molecular complexity index is 1220. The molecule has 6 nitrogen and oxygen atoms in total. The van der Waals surface area contributed by atoms with E-state index in [0.29, 0.717) is 17.7 Å². The largest absolute Gasteiger partial charge is 0.487 e. The Kier molecular flexibility index (Phi) is 6.42. The van der Waals surface area contributed by atoms with Crippen molar-refractivity contribution >= 4 is 21.6 Å². The Morgan fingerprint density at radius 2 is 1.58 bits per heavy atom. The zero-order valence-electron chi connectivity index (χ0n) is 18.7. The molecule has 0 aliphatic carbocycles. The van der Waals surface area contributed by atoms with Crippen molar-refractivity contribution in [2.45, 2.75) is 49.6 Å². The maximum atomic E-state index is 13.0. The fraction of sp³-hybridized carbons (Fsp3) is 0.269. The molecule has 0 radical (unpaired) electrons. The van der Waals surface area contributed by atoms with E-state index in [1.54, 1.807) is 42.5 Å². The van der Waals surface area contributed by atoms with Gasteiger partial charge in [0.15, 0.2) is 0 Å². The monoisotopic (exact) mass is 464 g/mol. The van der Waals surface area contributed by atoms with Crippen LogP contribution in [0, 0.1) is 0 Å². The number of nitrogens with one attached hydrogen (secondary N) is 2. The van der Waals surface area contributed by atoms with Gasteiger partial charge in [-0.05, 0) is 55.3 Å². The average molecular weight is 465 g/mol. The SMILES string of the molecule is CCC1(CC)C[C@@H](NC(=O)c2ccc(NS(=O)(=O)c3ccccc3)cc2)c2ccccc2O1. The molecule has 0 aromatic heterocycles. The van der Waals surface area contributed by atoms with Gasteiger partial charge < -0.3 is 10.1 Å². The summed E-state index contributed by atoms with van der Waals surface area (Å²) in [6, 6.07) is 22.2. The predicted molar refractivity (Wildman–Crippen MR) is 129 cm³/mol. The molecule has 7 heteroatoms. The van der Waals surface area contributed by atoms with Crippen molar-refractivity contribution in [3.8, 4) is 5.75 Å². The molecular weight excluding hydrogens is 436 g/mol. The van der Waals surface area contributed by atoms with Crippen molar-refractivity contribution in [3.63, 3.8) is 0 Å². The third kappa shape index (κ3) is 4.88. The van der Waals surface area contributed by atoms with Gasteiger partial charge in [-0.15, -0.1) is 0 Å². The molecule has 1 amide bonds. The summed E-state index contributed by atoms with van der Waals surface area (Å²) in [5, 5.41) is 3.15. The van der Waals surface area contributed by atoms with Crippen LogP contribution in [0.3, 0.4) is 0 Å². The number of ether oxygens (including phenoxy) is 1. The minimum absolute atomic E-state index is 0.168. The van der Waals surface area contributed by atoms with Gasteiger partial charge in [0, 0.05) is 23.2 Å². The molecule has 33 heavy (non-hydrogen) atoms. The van der Waals surface area contributed by atoms with Crippen LogP contribution in [0.2, 0.25) is 0 Å². The predicted octanol–water partition coefficient (Wildman–Crippen LogP) is 5.30.